The fourth-order valence-corrected chi connectivity index (χ4v) is 3.05. The molecule has 4 aromatic rings. The van der Waals surface area contributed by atoms with Crippen molar-refractivity contribution >= 4 is 10.9 Å². The van der Waals surface area contributed by atoms with Gasteiger partial charge in [-0.15, -0.1) is 0 Å². The van der Waals surface area contributed by atoms with Gasteiger partial charge in [-0.1, -0.05) is 36.8 Å². The standard InChI is InChI=1S/C20H19N3/c1-3-15-11-22-19-9-8-17(10-18(15)19)23-13-21-12-20(23)16-6-4-14(2)5-7-16/h4-13,22H,3H2,1-2H3. The highest BCUT2D eigenvalue weighted by atomic mass is 15.0. The minimum absolute atomic E-state index is 1.03. The molecule has 0 fully saturated rings. The normalized spacial score (nSPS) is 11.2. The summed E-state index contributed by atoms with van der Waals surface area (Å²) in [6.07, 6.45) is 6.93. The third kappa shape index (κ3) is 2.34. The Bertz CT molecular complexity index is 958. The number of aromatic amines is 1. The van der Waals surface area contributed by atoms with Crippen molar-refractivity contribution in [1.82, 2.24) is 14.5 Å². The van der Waals surface area contributed by atoms with Gasteiger partial charge in [-0.2, -0.15) is 0 Å². The Kier molecular flexibility index (Phi) is 3.27. The first-order chi connectivity index (χ1) is 11.3. The molecule has 2 aromatic carbocycles. The Labute approximate surface area is 135 Å². The molecule has 3 heteroatoms. The number of hydrogen-bond acceptors (Lipinski definition) is 1. The Morgan fingerprint density at radius 1 is 1.09 bits per heavy atom. The zero-order valence-corrected chi connectivity index (χ0v) is 13.4. The molecular formula is C20H19N3. The summed E-state index contributed by atoms with van der Waals surface area (Å²) in [4.78, 5) is 7.70. The molecule has 0 aliphatic carbocycles. The monoisotopic (exact) mass is 301 g/mol. The molecule has 3 nitrogen and oxygen atoms in total. The van der Waals surface area contributed by atoms with E-state index in [0.717, 1.165) is 17.8 Å². The van der Waals surface area contributed by atoms with Crippen LogP contribution in [0.2, 0.25) is 0 Å². The second kappa shape index (κ2) is 5.43. The van der Waals surface area contributed by atoms with Crippen LogP contribution < -0.4 is 0 Å². The Morgan fingerprint density at radius 2 is 1.91 bits per heavy atom. The van der Waals surface area contributed by atoms with E-state index in [1.165, 1.54) is 27.6 Å². The molecule has 0 spiro atoms. The fourth-order valence-electron chi connectivity index (χ4n) is 3.05. The highest BCUT2D eigenvalue weighted by Gasteiger charge is 2.09. The van der Waals surface area contributed by atoms with Gasteiger partial charge in [-0.05, 0) is 37.1 Å². The number of aromatic nitrogens is 3. The van der Waals surface area contributed by atoms with E-state index >= 15 is 0 Å². The molecular weight excluding hydrogens is 282 g/mol. The first kappa shape index (κ1) is 13.8. The molecule has 0 aliphatic heterocycles. The molecule has 0 radical (unpaired) electrons. The Balaban J connectivity index is 1.85. The summed E-state index contributed by atoms with van der Waals surface area (Å²) in [7, 11) is 0. The van der Waals surface area contributed by atoms with E-state index < -0.39 is 0 Å². The number of fused-ring (bicyclic) bond motifs is 1. The first-order valence-electron chi connectivity index (χ1n) is 7.96. The molecule has 2 aromatic heterocycles. The van der Waals surface area contributed by atoms with Crippen molar-refractivity contribution in [1.29, 1.82) is 0 Å². The number of imidazole rings is 1. The Hall–Kier alpha value is -2.81. The van der Waals surface area contributed by atoms with Crippen LogP contribution in [0.15, 0.2) is 61.2 Å². The van der Waals surface area contributed by atoms with Gasteiger partial charge in [0.1, 0.15) is 0 Å². The number of aryl methyl sites for hydroxylation is 2. The minimum Gasteiger partial charge on any atom is -0.361 e. The lowest BCUT2D eigenvalue weighted by atomic mass is 10.1. The third-order valence-corrected chi connectivity index (χ3v) is 4.40. The largest absolute Gasteiger partial charge is 0.361 e. The highest BCUT2D eigenvalue weighted by molar-refractivity contribution is 5.85. The quantitative estimate of drug-likeness (QED) is 0.574. The van der Waals surface area contributed by atoms with E-state index in [2.05, 4.69) is 77.0 Å². The van der Waals surface area contributed by atoms with Crippen LogP contribution in [0.4, 0.5) is 0 Å². The molecule has 0 aliphatic rings. The van der Waals surface area contributed by atoms with Crippen LogP contribution in [0.1, 0.15) is 18.1 Å². The maximum Gasteiger partial charge on any atom is 0.0997 e. The van der Waals surface area contributed by atoms with E-state index in [0.29, 0.717) is 0 Å². The molecule has 0 bridgehead atoms. The van der Waals surface area contributed by atoms with Gasteiger partial charge in [0.25, 0.3) is 0 Å². The van der Waals surface area contributed by atoms with Crippen molar-refractivity contribution in [2.45, 2.75) is 20.3 Å². The average molecular weight is 301 g/mol. The van der Waals surface area contributed by atoms with Crippen molar-refractivity contribution in [3.05, 3.63) is 72.3 Å². The van der Waals surface area contributed by atoms with Crippen molar-refractivity contribution < 1.29 is 0 Å². The topological polar surface area (TPSA) is 33.6 Å². The van der Waals surface area contributed by atoms with Crippen LogP contribution in [-0.2, 0) is 6.42 Å². The average Bonchev–Trinajstić information content (AvgIpc) is 3.21. The number of H-pyrrole nitrogens is 1. The summed E-state index contributed by atoms with van der Waals surface area (Å²) in [6.45, 7) is 4.29. The lowest BCUT2D eigenvalue weighted by Crippen LogP contribution is -1.95. The van der Waals surface area contributed by atoms with Gasteiger partial charge in [0, 0.05) is 28.4 Å². The zero-order valence-electron chi connectivity index (χ0n) is 13.4. The van der Waals surface area contributed by atoms with Gasteiger partial charge >= 0.3 is 0 Å². The summed E-state index contributed by atoms with van der Waals surface area (Å²) >= 11 is 0. The van der Waals surface area contributed by atoms with E-state index in [1.807, 2.05) is 12.5 Å². The van der Waals surface area contributed by atoms with E-state index in [1.54, 1.807) is 0 Å². The van der Waals surface area contributed by atoms with Crippen molar-refractivity contribution in [3.8, 4) is 16.9 Å². The number of rotatable bonds is 3. The van der Waals surface area contributed by atoms with E-state index in [4.69, 9.17) is 0 Å². The lowest BCUT2D eigenvalue weighted by molar-refractivity contribution is 1.07. The molecule has 1 N–H and O–H groups in total. The number of nitrogens with zero attached hydrogens (tertiary/aromatic N) is 2. The number of hydrogen-bond donors (Lipinski definition) is 1. The van der Waals surface area contributed by atoms with Crippen LogP contribution in [-0.4, -0.2) is 14.5 Å². The summed E-state index contributed by atoms with van der Waals surface area (Å²) in [5, 5.41) is 1.29. The van der Waals surface area contributed by atoms with Gasteiger partial charge in [-0.3, -0.25) is 4.57 Å². The van der Waals surface area contributed by atoms with Gasteiger partial charge < -0.3 is 4.98 Å². The number of nitrogens with one attached hydrogen (secondary N) is 1. The van der Waals surface area contributed by atoms with Gasteiger partial charge in [0.05, 0.1) is 18.2 Å². The molecule has 0 unspecified atom stereocenters. The summed E-state index contributed by atoms with van der Waals surface area (Å²) in [5.41, 5.74) is 7.22. The predicted molar refractivity (Wildman–Crippen MR) is 95.0 cm³/mol. The summed E-state index contributed by atoms with van der Waals surface area (Å²) in [6, 6.07) is 15.1. The van der Waals surface area contributed by atoms with Crippen LogP contribution in [0.5, 0.6) is 0 Å². The minimum atomic E-state index is 1.03. The summed E-state index contributed by atoms with van der Waals surface area (Å²) in [5.74, 6) is 0. The SMILES string of the molecule is CCc1c[nH]c2ccc(-n3cncc3-c3ccc(C)cc3)cc12. The zero-order chi connectivity index (χ0) is 15.8. The molecule has 2 heterocycles. The Morgan fingerprint density at radius 3 is 2.70 bits per heavy atom. The fraction of sp³-hybridized carbons (Fsp3) is 0.150. The smallest absolute Gasteiger partial charge is 0.0997 e. The molecule has 0 saturated heterocycles. The third-order valence-electron chi connectivity index (χ3n) is 4.40. The maximum atomic E-state index is 4.36. The molecule has 0 atom stereocenters. The van der Waals surface area contributed by atoms with Crippen LogP contribution in [0.25, 0.3) is 27.8 Å². The summed E-state index contributed by atoms with van der Waals surface area (Å²) < 4.78 is 2.15. The second-order valence-electron chi connectivity index (χ2n) is 5.91. The first-order valence-corrected chi connectivity index (χ1v) is 7.96. The van der Waals surface area contributed by atoms with Crippen LogP contribution in [0, 0.1) is 6.92 Å². The molecule has 4 rings (SSSR count). The van der Waals surface area contributed by atoms with Gasteiger partial charge in [0.15, 0.2) is 0 Å². The highest BCUT2D eigenvalue weighted by Crippen LogP contribution is 2.26. The molecule has 23 heavy (non-hydrogen) atoms. The van der Waals surface area contributed by atoms with Crippen molar-refractivity contribution in [2.24, 2.45) is 0 Å². The lowest BCUT2D eigenvalue weighted by Gasteiger charge is -2.09. The van der Waals surface area contributed by atoms with Gasteiger partial charge in [0.2, 0.25) is 0 Å². The predicted octanol–water partition coefficient (Wildman–Crippen LogP) is 4.89. The number of benzene rings is 2. The molecule has 0 saturated carbocycles. The molecule has 0 amide bonds. The van der Waals surface area contributed by atoms with Gasteiger partial charge in [-0.25, -0.2) is 4.98 Å². The van der Waals surface area contributed by atoms with E-state index in [9.17, 15) is 0 Å². The van der Waals surface area contributed by atoms with Crippen molar-refractivity contribution in [3.63, 3.8) is 0 Å². The van der Waals surface area contributed by atoms with E-state index in [-0.39, 0.29) is 0 Å². The van der Waals surface area contributed by atoms with Crippen LogP contribution in [0.3, 0.4) is 0 Å². The molecule has 114 valence electrons. The second-order valence-corrected chi connectivity index (χ2v) is 5.91. The maximum absolute atomic E-state index is 4.36. The van der Waals surface area contributed by atoms with Crippen molar-refractivity contribution in [2.75, 3.05) is 0 Å². The van der Waals surface area contributed by atoms with Crippen LogP contribution >= 0.6 is 0 Å².